The van der Waals surface area contributed by atoms with Crippen molar-refractivity contribution in [2.75, 3.05) is 6.54 Å². The van der Waals surface area contributed by atoms with Gasteiger partial charge in [0.2, 0.25) is 0 Å². The number of hydrogen-bond donors (Lipinski definition) is 1. The van der Waals surface area contributed by atoms with Crippen LogP contribution in [0.15, 0.2) is 5.11 Å². The molecule has 0 aromatic carbocycles. The van der Waals surface area contributed by atoms with Crippen LogP contribution in [0.1, 0.15) is 13.8 Å². The molecule has 58 valence electrons. The Hall–Kier alpha value is -0.800. The first-order valence-corrected chi connectivity index (χ1v) is 2.85. The Morgan fingerprint density at radius 2 is 2.30 bits per heavy atom. The molecule has 10 heavy (non-hydrogen) atoms. The molecule has 0 amide bonds. The predicted molar refractivity (Wildman–Crippen MR) is 35.2 cm³/mol. The molecular formula is C5H10FN3O. The molecule has 4 nitrogen and oxygen atoms in total. The summed E-state index contributed by atoms with van der Waals surface area (Å²) in [4.78, 5) is 2.36. The maximum atomic E-state index is 12.6. The molecule has 0 aliphatic carbocycles. The first-order valence-electron chi connectivity index (χ1n) is 2.85. The van der Waals surface area contributed by atoms with Gasteiger partial charge in [-0.05, 0) is 19.4 Å². The molecule has 0 aromatic rings. The minimum atomic E-state index is -1.50. The molecule has 0 aliphatic heterocycles. The van der Waals surface area contributed by atoms with Crippen molar-refractivity contribution in [3.8, 4) is 0 Å². The molecule has 0 aromatic heterocycles. The maximum absolute atomic E-state index is 12.6. The molecule has 5 heteroatoms. The lowest BCUT2D eigenvalue weighted by atomic mass is 10.0. The summed E-state index contributed by atoms with van der Waals surface area (Å²) in [6.45, 7) is 2.33. The van der Waals surface area contributed by atoms with Crippen molar-refractivity contribution in [1.29, 1.82) is 0 Å². The summed E-state index contributed by atoms with van der Waals surface area (Å²) >= 11 is 0. The van der Waals surface area contributed by atoms with Gasteiger partial charge in [0.05, 0.1) is 12.1 Å². The van der Waals surface area contributed by atoms with Gasteiger partial charge in [-0.1, -0.05) is 5.11 Å². The van der Waals surface area contributed by atoms with Crippen molar-refractivity contribution in [2.24, 2.45) is 5.11 Å². The summed E-state index contributed by atoms with van der Waals surface area (Å²) in [5.74, 6) is 0. The Labute approximate surface area is 58.3 Å². The maximum Gasteiger partial charge on any atom is 0.134 e. The van der Waals surface area contributed by atoms with Crippen LogP contribution in [-0.4, -0.2) is 23.4 Å². The topological polar surface area (TPSA) is 69.0 Å². The van der Waals surface area contributed by atoms with Crippen LogP contribution >= 0.6 is 0 Å². The molecule has 0 aliphatic rings. The van der Waals surface area contributed by atoms with Crippen LogP contribution in [0.3, 0.4) is 0 Å². The molecule has 0 radical (unpaired) electrons. The summed E-state index contributed by atoms with van der Waals surface area (Å²) in [6.07, 6.45) is -1.50. The lowest BCUT2D eigenvalue weighted by Crippen LogP contribution is -2.34. The zero-order valence-electron chi connectivity index (χ0n) is 5.95. The van der Waals surface area contributed by atoms with Crippen LogP contribution < -0.4 is 0 Å². The molecule has 1 N–H and O–H groups in total. The average Bonchev–Trinajstić information content (AvgIpc) is 1.80. The Balaban J connectivity index is 3.84. The molecule has 0 fully saturated rings. The van der Waals surface area contributed by atoms with Gasteiger partial charge in [-0.25, -0.2) is 4.39 Å². The van der Waals surface area contributed by atoms with Crippen molar-refractivity contribution < 1.29 is 9.50 Å². The highest BCUT2D eigenvalue weighted by molar-refractivity contribution is 4.78. The Morgan fingerprint density at radius 1 is 1.80 bits per heavy atom. The predicted octanol–water partition coefficient (Wildman–Crippen LogP) is 1.41. The van der Waals surface area contributed by atoms with E-state index < -0.39 is 11.8 Å². The highest BCUT2D eigenvalue weighted by Crippen LogP contribution is 2.12. The molecule has 0 saturated carbocycles. The third-order valence-corrected chi connectivity index (χ3v) is 1.07. The highest BCUT2D eigenvalue weighted by Gasteiger charge is 2.25. The molecule has 1 atom stereocenters. The van der Waals surface area contributed by atoms with E-state index in [0.717, 1.165) is 0 Å². The summed E-state index contributed by atoms with van der Waals surface area (Å²) < 4.78 is 12.6. The number of alkyl halides is 1. The van der Waals surface area contributed by atoms with Crippen LogP contribution in [0.4, 0.5) is 4.39 Å². The summed E-state index contributed by atoms with van der Waals surface area (Å²) in [6, 6.07) is 0. The quantitative estimate of drug-likeness (QED) is 0.366. The number of nitrogens with zero attached hydrogens (tertiary/aromatic N) is 3. The van der Waals surface area contributed by atoms with Crippen molar-refractivity contribution >= 4 is 0 Å². The molecule has 0 saturated heterocycles. The molecule has 0 unspecified atom stereocenters. The minimum Gasteiger partial charge on any atom is -0.387 e. The first kappa shape index (κ1) is 9.20. The SMILES string of the molecule is CC(C)(O)[C@H](F)CN=[N+]=[N-]. The number of rotatable bonds is 3. The van der Waals surface area contributed by atoms with Crippen molar-refractivity contribution in [3.05, 3.63) is 10.4 Å². The van der Waals surface area contributed by atoms with Gasteiger partial charge in [-0.15, -0.1) is 0 Å². The molecule has 0 spiro atoms. The second-order valence-electron chi connectivity index (χ2n) is 2.53. The summed E-state index contributed by atoms with van der Waals surface area (Å²) in [5.41, 5.74) is 6.37. The Bertz CT molecular complexity index is 147. The third kappa shape index (κ3) is 3.27. The fraction of sp³-hybridized carbons (Fsp3) is 1.00. The average molecular weight is 147 g/mol. The zero-order chi connectivity index (χ0) is 8.20. The minimum absolute atomic E-state index is 0.319. The van der Waals surface area contributed by atoms with Crippen LogP contribution in [0.5, 0.6) is 0 Å². The van der Waals surface area contributed by atoms with E-state index in [1.807, 2.05) is 0 Å². The van der Waals surface area contributed by atoms with Gasteiger partial charge in [0.1, 0.15) is 6.17 Å². The lowest BCUT2D eigenvalue weighted by Gasteiger charge is -2.20. The number of hydrogen-bond acceptors (Lipinski definition) is 2. The fourth-order valence-corrected chi connectivity index (χ4v) is 0.332. The standard InChI is InChI=1S/C5H10FN3O/c1-5(2,10)4(6)3-8-9-7/h4,10H,3H2,1-2H3/t4-/m1/s1. The van der Waals surface area contributed by atoms with Crippen molar-refractivity contribution in [2.45, 2.75) is 25.6 Å². The largest absolute Gasteiger partial charge is 0.387 e. The second-order valence-corrected chi connectivity index (χ2v) is 2.53. The van der Waals surface area contributed by atoms with Gasteiger partial charge in [-0.3, -0.25) is 0 Å². The smallest absolute Gasteiger partial charge is 0.134 e. The molecular weight excluding hydrogens is 137 g/mol. The van der Waals surface area contributed by atoms with Crippen LogP contribution in [0.2, 0.25) is 0 Å². The second kappa shape index (κ2) is 3.39. The molecule has 0 bridgehead atoms. The Kier molecular flexibility index (Phi) is 3.12. The number of aliphatic hydroxyl groups is 1. The van der Waals surface area contributed by atoms with Gasteiger partial charge in [0.15, 0.2) is 0 Å². The fourth-order valence-electron chi connectivity index (χ4n) is 0.332. The van der Waals surface area contributed by atoms with E-state index in [2.05, 4.69) is 10.0 Å². The van der Waals surface area contributed by atoms with Crippen molar-refractivity contribution in [3.63, 3.8) is 0 Å². The molecule has 0 rings (SSSR count). The van der Waals surface area contributed by atoms with E-state index in [-0.39, 0.29) is 6.54 Å². The normalized spacial score (nSPS) is 14.0. The third-order valence-electron chi connectivity index (χ3n) is 1.07. The van der Waals surface area contributed by atoms with Crippen molar-refractivity contribution in [1.82, 2.24) is 0 Å². The van der Waals surface area contributed by atoms with Crippen LogP contribution in [0, 0.1) is 0 Å². The van der Waals surface area contributed by atoms with E-state index >= 15 is 0 Å². The monoisotopic (exact) mass is 147 g/mol. The van der Waals surface area contributed by atoms with Gasteiger partial charge in [0, 0.05) is 4.91 Å². The lowest BCUT2D eigenvalue weighted by molar-refractivity contribution is 0.00147. The van der Waals surface area contributed by atoms with Crippen LogP contribution in [-0.2, 0) is 0 Å². The summed E-state index contributed by atoms with van der Waals surface area (Å²) in [7, 11) is 0. The van der Waals surface area contributed by atoms with E-state index in [4.69, 9.17) is 10.6 Å². The molecule has 0 heterocycles. The first-order chi connectivity index (χ1) is 4.48. The highest BCUT2D eigenvalue weighted by atomic mass is 19.1. The summed E-state index contributed by atoms with van der Waals surface area (Å²) in [5, 5.41) is 11.9. The van der Waals surface area contributed by atoms with Crippen LogP contribution in [0.25, 0.3) is 10.4 Å². The number of azide groups is 1. The van der Waals surface area contributed by atoms with Gasteiger partial charge in [-0.2, -0.15) is 0 Å². The zero-order valence-corrected chi connectivity index (χ0v) is 5.95. The van der Waals surface area contributed by atoms with Gasteiger partial charge >= 0.3 is 0 Å². The van der Waals surface area contributed by atoms with E-state index in [9.17, 15) is 4.39 Å². The van der Waals surface area contributed by atoms with E-state index in [1.165, 1.54) is 13.8 Å². The van der Waals surface area contributed by atoms with Gasteiger partial charge in [0.25, 0.3) is 0 Å². The van der Waals surface area contributed by atoms with E-state index in [0.29, 0.717) is 0 Å². The van der Waals surface area contributed by atoms with Gasteiger partial charge < -0.3 is 5.11 Å². The van der Waals surface area contributed by atoms with E-state index in [1.54, 1.807) is 0 Å². The Morgan fingerprint density at radius 3 is 2.60 bits per heavy atom. The number of halogens is 1.